The highest BCUT2D eigenvalue weighted by Crippen LogP contribution is 2.27. The number of aryl methyl sites for hydroxylation is 1. The lowest BCUT2D eigenvalue weighted by molar-refractivity contribution is -0.115. The first-order valence-corrected chi connectivity index (χ1v) is 8.83. The Balaban J connectivity index is 2.14. The molecule has 0 spiro atoms. The van der Waals surface area contributed by atoms with E-state index in [0.29, 0.717) is 18.9 Å². The third-order valence-corrected chi connectivity index (χ3v) is 4.23. The van der Waals surface area contributed by atoms with Gasteiger partial charge in [-0.1, -0.05) is 50.2 Å². The maximum Gasteiger partial charge on any atom is 0.243 e. The number of para-hydroxylation sites is 2. The number of aliphatic hydroxyl groups is 1. The fourth-order valence-corrected chi connectivity index (χ4v) is 2.89. The summed E-state index contributed by atoms with van der Waals surface area (Å²) in [5, 5.41) is 12.2. The lowest BCUT2D eigenvalue weighted by Gasteiger charge is -2.25. The van der Waals surface area contributed by atoms with E-state index in [9.17, 15) is 4.79 Å². The Hall–Kier alpha value is -2.33. The maximum atomic E-state index is 12.7. The average molecular weight is 340 g/mol. The smallest absolute Gasteiger partial charge is 0.243 e. The molecule has 2 aromatic carbocycles. The van der Waals surface area contributed by atoms with Crippen molar-refractivity contribution in [3.8, 4) is 0 Å². The van der Waals surface area contributed by atoms with E-state index in [1.807, 2.05) is 54.3 Å². The molecule has 0 radical (unpaired) electrons. The van der Waals surface area contributed by atoms with Crippen molar-refractivity contribution in [1.29, 1.82) is 0 Å². The summed E-state index contributed by atoms with van der Waals surface area (Å²) in [6.07, 6.45) is 0.629. The van der Waals surface area contributed by atoms with Gasteiger partial charge in [0.1, 0.15) is 0 Å². The predicted octanol–water partition coefficient (Wildman–Crippen LogP) is 3.95. The second kappa shape index (κ2) is 9.23. The van der Waals surface area contributed by atoms with E-state index in [4.69, 9.17) is 5.11 Å². The second-order valence-corrected chi connectivity index (χ2v) is 6.58. The Morgan fingerprint density at radius 2 is 1.84 bits per heavy atom. The lowest BCUT2D eigenvalue weighted by atomic mass is 9.98. The number of anilines is 2. The Labute approximate surface area is 150 Å². The molecule has 0 saturated heterocycles. The van der Waals surface area contributed by atoms with Crippen LogP contribution >= 0.6 is 0 Å². The van der Waals surface area contributed by atoms with Gasteiger partial charge in [0.05, 0.1) is 6.54 Å². The van der Waals surface area contributed by atoms with Crippen molar-refractivity contribution in [3.05, 3.63) is 59.7 Å². The first-order chi connectivity index (χ1) is 12.0. The van der Waals surface area contributed by atoms with Crippen LogP contribution in [0.4, 0.5) is 11.4 Å². The summed E-state index contributed by atoms with van der Waals surface area (Å²) in [6, 6.07) is 15.9. The maximum absolute atomic E-state index is 12.7. The standard InChI is InChI=1S/C21H28N2O2/c1-16(2)19-12-7-9-17(3)21(19)22-20(25)15-23(13-8-14-24)18-10-5-4-6-11-18/h4-7,9-12,16,24H,8,13-15H2,1-3H3,(H,22,25). The van der Waals surface area contributed by atoms with E-state index in [2.05, 4.69) is 25.2 Å². The molecule has 1 amide bonds. The van der Waals surface area contributed by atoms with Crippen molar-refractivity contribution in [2.45, 2.75) is 33.1 Å². The number of nitrogens with zero attached hydrogens (tertiary/aromatic N) is 1. The van der Waals surface area contributed by atoms with Gasteiger partial charge in [0.2, 0.25) is 5.91 Å². The van der Waals surface area contributed by atoms with E-state index in [-0.39, 0.29) is 19.1 Å². The van der Waals surface area contributed by atoms with Crippen molar-refractivity contribution in [2.75, 3.05) is 29.9 Å². The summed E-state index contributed by atoms with van der Waals surface area (Å²) in [5.74, 6) is 0.299. The van der Waals surface area contributed by atoms with Crippen molar-refractivity contribution >= 4 is 17.3 Å². The highest BCUT2D eigenvalue weighted by Gasteiger charge is 2.15. The summed E-state index contributed by atoms with van der Waals surface area (Å²) in [6.45, 7) is 7.28. The van der Waals surface area contributed by atoms with Crippen molar-refractivity contribution in [1.82, 2.24) is 0 Å². The van der Waals surface area contributed by atoms with E-state index in [1.165, 1.54) is 0 Å². The van der Waals surface area contributed by atoms with E-state index in [0.717, 1.165) is 22.5 Å². The van der Waals surface area contributed by atoms with Crippen LogP contribution in [0.1, 0.15) is 37.3 Å². The summed E-state index contributed by atoms with van der Waals surface area (Å²) >= 11 is 0. The molecule has 134 valence electrons. The van der Waals surface area contributed by atoms with Crippen LogP contribution in [-0.2, 0) is 4.79 Å². The fourth-order valence-electron chi connectivity index (χ4n) is 2.89. The molecule has 0 bridgehead atoms. The van der Waals surface area contributed by atoms with Crippen molar-refractivity contribution in [3.63, 3.8) is 0 Å². The Bertz CT molecular complexity index is 684. The molecule has 0 aliphatic rings. The van der Waals surface area contributed by atoms with Crippen LogP contribution in [0.3, 0.4) is 0 Å². The highest BCUT2D eigenvalue weighted by atomic mass is 16.3. The van der Waals surface area contributed by atoms with Crippen LogP contribution in [-0.4, -0.2) is 30.7 Å². The first kappa shape index (κ1) is 19.0. The van der Waals surface area contributed by atoms with Gasteiger partial charge in [-0.3, -0.25) is 4.79 Å². The third-order valence-electron chi connectivity index (χ3n) is 4.23. The zero-order valence-electron chi connectivity index (χ0n) is 15.3. The summed E-state index contributed by atoms with van der Waals surface area (Å²) in [5.41, 5.74) is 4.12. The van der Waals surface area contributed by atoms with Gasteiger partial charge >= 0.3 is 0 Å². The van der Waals surface area contributed by atoms with Crippen LogP contribution in [0.5, 0.6) is 0 Å². The molecule has 0 aliphatic carbocycles. The second-order valence-electron chi connectivity index (χ2n) is 6.58. The molecule has 0 heterocycles. The Morgan fingerprint density at radius 1 is 1.12 bits per heavy atom. The number of amides is 1. The van der Waals surface area contributed by atoms with Gasteiger partial charge in [-0.15, -0.1) is 0 Å². The summed E-state index contributed by atoms with van der Waals surface area (Å²) < 4.78 is 0. The van der Waals surface area contributed by atoms with Crippen LogP contribution in [0, 0.1) is 6.92 Å². The molecule has 4 nitrogen and oxygen atoms in total. The van der Waals surface area contributed by atoms with Gasteiger partial charge in [0.25, 0.3) is 0 Å². The van der Waals surface area contributed by atoms with E-state index in [1.54, 1.807) is 0 Å². The van der Waals surface area contributed by atoms with Crippen LogP contribution in [0.15, 0.2) is 48.5 Å². The summed E-state index contributed by atoms with van der Waals surface area (Å²) in [7, 11) is 0. The molecular weight excluding hydrogens is 312 g/mol. The van der Waals surface area contributed by atoms with Gasteiger partial charge in [0.15, 0.2) is 0 Å². The number of carbonyl (C=O) groups is 1. The quantitative estimate of drug-likeness (QED) is 0.765. The summed E-state index contributed by atoms with van der Waals surface area (Å²) in [4.78, 5) is 14.7. The number of benzene rings is 2. The molecule has 25 heavy (non-hydrogen) atoms. The zero-order valence-corrected chi connectivity index (χ0v) is 15.3. The molecule has 0 fully saturated rings. The van der Waals surface area contributed by atoms with Gasteiger partial charge in [-0.05, 0) is 42.5 Å². The number of rotatable bonds is 8. The minimum atomic E-state index is -0.0435. The van der Waals surface area contributed by atoms with Crippen LogP contribution in [0.2, 0.25) is 0 Å². The largest absolute Gasteiger partial charge is 0.396 e. The van der Waals surface area contributed by atoms with Gasteiger partial charge < -0.3 is 15.3 Å². The lowest BCUT2D eigenvalue weighted by Crippen LogP contribution is -2.34. The minimum absolute atomic E-state index is 0.0435. The molecule has 0 unspecified atom stereocenters. The number of hydrogen-bond acceptors (Lipinski definition) is 3. The van der Waals surface area contributed by atoms with Crippen LogP contribution < -0.4 is 10.2 Å². The number of carbonyl (C=O) groups excluding carboxylic acids is 1. The molecular formula is C21H28N2O2. The molecule has 0 atom stereocenters. The van der Waals surface area contributed by atoms with Gasteiger partial charge in [0, 0.05) is 24.5 Å². The van der Waals surface area contributed by atoms with Crippen molar-refractivity contribution < 1.29 is 9.90 Å². The zero-order chi connectivity index (χ0) is 18.2. The van der Waals surface area contributed by atoms with E-state index >= 15 is 0 Å². The predicted molar refractivity (Wildman–Crippen MR) is 104 cm³/mol. The fraction of sp³-hybridized carbons (Fsp3) is 0.381. The Morgan fingerprint density at radius 3 is 2.48 bits per heavy atom. The van der Waals surface area contributed by atoms with Gasteiger partial charge in [-0.2, -0.15) is 0 Å². The van der Waals surface area contributed by atoms with Crippen LogP contribution in [0.25, 0.3) is 0 Å². The third kappa shape index (κ3) is 5.33. The molecule has 4 heteroatoms. The van der Waals surface area contributed by atoms with Crippen molar-refractivity contribution in [2.24, 2.45) is 0 Å². The highest BCUT2D eigenvalue weighted by molar-refractivity contribution is 5.95. The molecule has 2 aromatic rings. The monoisotopic (exact) mass is 340 g/mol. The Kier molecular flexibility index (Phi) is 7.02. The number of nitrogens with one attached hydrogen (secondary N) is 1. The number of hydrogen-bond donors (Lipinski definition) is 2. The molecule has 0 aromatic heterocycles. The molecule has 0 saturated carbocycles. The van der Waals surface area contributed by atoms with Gasteiger partial charge in [-0.25, -0.2) is 0 Å². The minimum Gasteiger partial charge on any atom is -0.396 e. The van der Waals surface area contributed by atoms with E-state index < -0.39 is 0 Å². The average Bonchev–Trinajstić information content (AvgIpc) is 2.60. The molecule has 2 rings (SSSR count). The normalized spacial score (nSPS) is 10.8. The molecule has 2 N–H and O–H groups in total. The topological polar surface area (TPSA) is 52.6 Å². The number of aliphatic hydroxyl groups excluding tert-OH is 1. The first-order valence-electron chi connectivity index (χ1n) is 8.83. The SMILES string of the molecule is Cc1cccc(C(C)C)c1NC(=O)CN(CCCO)c1ccccc1. The molecule has 0 aliphatic heterocycles.